The van der Waals surface area contributed by atoms with Crippen molar-refractivity contribution in [3.05, 3.63) is 42.6 Å². The summed E-state index contributed by atoms with van der Waals surface area (Å²) in [6.45, 7) is 3.08. The first-order valence-electron chi connectivity index (χ1n) is 7.97. The zero-order valence-corrected chi connectivity index (χ0v) is 13.6. The van der Waals surface area contributed by atoms with Crippen molar-refractivity contribution in [3.63, 3.8) is 0 Å². The number of aromatic nitrogens is 3. The predicted octanol–water partition coefficient (Wildman–Crippen LogP) is 1.63. The lowest BCUT2D eigenvalue weighted by Gasteiger charge is -2.32. The average Bonchev–Trinajstić information content (AvgIpc) is 2.61. The summed E-state index contributed by atoms with van der Waals surface area (Å²) in [5.74, 6) is 1.76. The topological polar surface area (TPSA) is 77.4 Å². The van der Waals surface area contributed by atoms with E-state index in [1.54, 1.807) is 41.7 Å². The summed E-state index contributed by atoms with van der Waals surface area (Å²) >= 11 is 0. The van der Waals surface area contributed by atoms with Gasteiger partial charge in [-0.1, -0.05) is 0 Å². The van der Waals surface area contributed by atoms with Crippen molar-refractivity contribution in [3.8, 4) is 11.6 Å². The van der Waals surface area contributed by atoms with E-state index in [2.05, 4.69) is 15.0 Å². The largest absolute Gasteiger partial charge is 0.482 e. The smallest absolute Gasteiger partial charge is 0.260 e. The molecule has 0 bridgehead atoms. The van der Waals surface area contributed by atoms with Crippen LogP contribution in [0.1, 0.15) is 18.7 Å². The maximum atomic E-state index is 12.3. The van der Waals surface area contributed by atoms with E-state index in [9.17, 15) is 4.79 Å². The number of nitrogens with zero attached hydrogens (tertiary/aromatic N) is 4. The van der Waals surface area contributed by atoms with Crippen LogP contribution in [0, 0.1) is 6.92 Å². The number of piperidine rings is 1. The number of likely N-dealkylation sites (tertiary alicyclic amines) is 1. The minimum absolute atomic E-state index is 0.00499. The van der Waals surface area contributed by atoms with Gasteiger partial charge in [-0.3, -0.25) is 9.78 Å². The first kappa shape index (κ1) is 16.2. The second kappa shape index (κ2) is 7.72. The zero-order valence-electron chi connectivity index (χ0n) is 13.6. The molecule has 1 atom stereocenters. The number of hydrogen-bond donors (Lipinski definition) is 0. The monoisotopic (exact) mass is 328 g/mol. The van der Waals surface area contributed by atoms with Crippen molar-refractivity contribution >= 4 is 5.91 Å². The minimum atomic E-state index is -0.0598. The second-order valence-corrected chi connectivity index (χ2v) is 5.64. The van der Waals surface area contributed by atoms with Crippen molar-refractivity contribution in [2.45, 2.75) is 25.9 Å². The summed E-state index contributed by atoms with van der Waals surface area (Å²) < 4.78 is 11.4. The summed E-state index contributed by atoms with van der Waals surface area (Å²) in [6.07, 6.45) is 6.66. The predicted molar refractivity (Wildman–Crippen MR) is 86.7 cm³/mol. The molecule has 0 aliphatic carbocycles. The summed E-state index contributed by atoms with van der Waals surface area (Å²) in [5, 5.41) is 0. The van der Waals surface area contributed by atoms with Gasteiger partial charge in [-0.15, -0.1) is 0 Å². The van der Waals surface area contributed by atoms with Gasteiger partial charge in [-0.25, -0.2) is 4.98 Å². The van der Waals surface area contributed by atoms with Crippen LogP contribution in [0.2, 0.25) is 0 Å². The van der Waals surface area contributed by atoms with Crippen LogP contribution in [-0.2, 0) is 4.79 Å². The zero-order chi connectivity index (χ0) is 16.8. The fourth-order valence-corrected chi connectivity index (χ4v) is 2.60. The average molecular weight is 328 g/mol. The molecular weight excluding hydrogens is 308 g/mol. The highest BCUT2D eigenvalue weighted by Crippen LogP contribution is 2.17. The van der Waals surface area contributed by atoms with Gasteiger partial charge in [0.2, 0.25) is 5.88 Å². The highest BCUT2D eigenvalue weighted by molar-refractivity contribution is 5.77. The van der Waals surface area contributed by atoms with Gasteiger partial charge in [0.25, 0.3) is 5.91 Å². The molecule has 1 fully saturated rings. The molecular formula is C17H20N4O3. The SMILES string of the molecule is Cc1nccc(OC2CCCN(C(=O)COc3cccnc3)C2)n1. The molecule has 1 amide bonds. The normalized spacial score (nSPS) is 17.4. The number of aryl methyl sites for hydroxylation is 1. The van der Waals surface area contributed by atoms with E-state index in [4.69, 9.17) is 9.47 Å². The Morgan fingerprint density at radius 2 is 2.29 bits per heavy atom. The highest BCUT2D eigenvalue weighted by atomic mass is 16.5. The Balaban J connectivity index is 1.52. The molecule has 1 unspecified atom stereocenters. The van der Waals surface area contributed by atoms with Crippen LogP contribution in [0.3, 0.4) is 0 Å². The van der Waals surface area contributed by atoms with Crippen LogP contribution in [-0.4, -0.2) is 51.6 Å². The van der Waals surface area contributed by atoms with Gasteiger partial charge < -0.3 is 14.4 Å². The van der Waals surface area contributed by atoms with Crippen LogP contribution in [0.4, 0.5) is 0 Å². The van der Waals surface area contributed by atoms with Gasteiger partial charge in [0.15, 0.2) is 6.61 Å². The molecule has 126 valence electrons. The first-order chi connectivity index (χ1) is 11.7. The Kier molecular flexibility index (Phi) is 5.20. The van der Waals surface area contributed by atoms with Crippen molar-refractivity contribution in [1.29, 1.82) is 0 Å². The van der Waals surface area contributed by atoms with Gasteiger partial charge in [0, 0.05) is 25.0 Å². The van der Waals surface area contributed by atoms with Crippen molar-refractivity contribution in [1.82, 2.24) is 19.9 Å². The quantitative estimate of drug-likeness (QED) is 0.830. The van der Waals surface area contributed by atoms with Crippen LogP contribution in [0.15, 0.2) is 36.8 Å². The third-order valence-electron chi connectivity index (χ3n) is 3.77. The molecule has 0 saturated carbocycles. The number of amides is 1. The van der Waals surface area contributed by atoms with Crippen molar-refractivity contribution < 1.29 is 14.3 Å². The standard InChI is InChI=1S/C17H20N4O3/c1-13-19-8-6-16(20-13)24-15-5-3-9-21(11-15)17(22)12-23-14-4-2-7-18-10-14/h2,4,6-8,10,15H,3,5,9,11-12H2,1H3. The molecule has 0 spiro atoms. The van der Waals surface area contributed by atoms with E-state index in [0.29, 0.717) is 24.0 Å². The number of hydrogen-bond acceptors (Lipinski definition) is 6. The van der Waals surface area contributed by atoms with Gasteiger partial charge >= 0.3 is 0 Å². The number of pyridine rings is 1. The third-order valence-corrected chi connectivity index (χ3v) is 3.77. The van der Waals surface area contributed by atoms with Crippen LogP contribution < -0.4 is 9.47 Å². The molecule has 24 heavy (non-hydrogen) atoms. The van der Waals surface area contributed by atoms with Gasteiger partial charge in [-0.05, 0) is 31.9 Å². The first-order valence-corrected chi connectivity index (χ1v) is 7.97. The summed E-state index contributed by atoms with van der Waals surface area (Å²) in [6, 6.07) is 5.29. The molecule has 0 radical (unpaired) electrons. The number of rotatable bonds is 5. The van der Waals surface area contributed by atoms with Crippen LogP contribution in [0.25, 0.3) is 0 Å². The van der Waals surface area contributed by atoms with Crippen molar-refractivity contribution in [2.24, 2.45) is 0 Å². The lowest BCUT2D eigenvalue weighted by atomic mass is 10.1. The molecule has 3 rings (SSSR count). The molecule has 7 heteroatoms. The van der Waals surface area contributed by atoms with Crippen molar-refractivity contribution in [2.75, 3.05) is 19.7 Å². The van der Waals surface area contributed by atoms with Gasteiger partial charge in [0.1, 0.15) is 17.7 Å². The molecule has 1 aliphatic heterocycles. The number of ether oxygens (including phenoxy) is 2. The molecule has 2 aromatic heterocycles. The molecule has 7 nitrogen and oxygen atoms in total. The maximum absolute atomic E-state index is 12.3. The Labute approximate surface area is 140 Å². The molecule has 0 N–H and O–H groups in total. The minimum Gasteiger partial charge on any atom is -0.482 e. The number of carbonyl (C=O) groups excluding carboxylic acids is 1. The molecule has 3 heterocycles. The van der Waals surface area contributed by atoms with E-state index < -0.39 is 0 Å². The van der Waals surface area contributed by atoms with E-state index in [-0.39, 0.29) is 18.6 Å². The second-order valence-electron chi connectivity index (χ2n) is 5.64. The Bertz CT molecular complexity index is 681. The van der Waals surface area contributed by atoms with Crippen LogP contribution >= 0.6 is 0 Å². The molecule has 1 saturated heterocycles. The lowest BCUT2D eigenvalue weighted by Crippen LogP contribution is -2.46. The van der Waals surface area contributed by atoms with Gasteiger partial charge in [0.05, 0.1) is 12.7 Å². The molecule has 0 aromatic carbocycles. The fourth-order valence-electron chi connectivity index (χ4n) is 2.60. The third kappa shape index (κ3) is 4.41. The summed E-state index contributed by atoms with van der Waals surface area (Å²) in [5.41, 5.74) is 0. The van der Waals surface area contributed by atoms with E-state index in [1.807, 2.05) is 6.92 Å². The summed E-state index contributed by atoms with van der Waals surface area (Å²) in [4.78, 5) is 26.4. The van der Waals surface area contributed by atoms with E-state index in [0.717, 1.165) is 19.4 Å². The molecule has 1 aliphatic rings. The fraction of sp³-hybridized carbons (Fsp3) is 0.412. The maximum Gasteiger partial charge on any atom is 0.260 e. The number of carbonyl (C=O) groups is 1. The Morgan fingerprint density at radius 3 is 3.08 bits per heavy atom. The highest BCUT2D eigenvalue weighted by Gasteiger charge is 2.25. The Morgan fingerprint density at radius 1 is 1.38 bits per heavy atom. The summed E-state index contributed by atoms with van der Waals surface area (Å²) in [7, 11) is 0. The van der Waals surface area contributed by atoms with Crippen LogP contribution in [0.5, 0.6) is 11.6 Å². The molecule has 2 aromatic rings. The Hall–Kier alpha value is -2.70. The lowest BCUT2D eigenvalue weighted by molar-refractivity contribution is -0.136. The van der Waals surface area contributed by atoms with Gasteiger partial charge in [-0.2, -0.15) is 4.98 Å². The van der Waals surface area contributed by atoms with E-state index >= 15 is 0 Å². The van der Waals surface area contributed by atoms with E-state index in [1.165, 1.54) is 0 Å².